The number of non-ortho nitro benzene ring substituents is 1. The lowest BCUT2D eigenvalue weighted by Gasteiger charge is -2.21. The molecule has 0 aromatic heterocycles. The zero-order chi connectivity index (χ0) is 12.8. The van der Waals surface area contributed by atoms with Crippen molar-refractivity contribution < 1.29 is 4.92 Å². The fourth-order valence-corrected chi connectivity index (χ4v) is 1.77. The van der Waals surface area contributed by atoms with E-state index in [0.717, 1.165) is 18.4 Å². The van der Waals surface area contributed by atoms with E-state index in [1.54, 1.807) is 12.1 Å². The molecule has 0 aliphatic carbocycles. The van der Waals surface area contributed by atoms with Crippen molar-refractivity contribution in [2.75, 3.05) is 0 Å². The SMILES string of the molecule is CCC(C)NC(CC)c1cccc([N+](=O)[O-])c1. The molecule has 0 saturated heterocycles. The Labute approximate surface area is 102 Å². The van der Waals surface area contributed by atoms with Crippen molar-refractivity contribution in [2.24, 2.45) is 0 Å². The third-order valence-corrected chi connectivity index (χ3v) is 2.99. The predicted molar refractivity (Wildman–Crippen MR) is 69.0 cm³/mol. The Morgan fingerprint density at radius 3 is 2.59 bits per heavy atom. The van der Waals surface area contributed by atoms with E-state index in [2.05, 4.69) is 26.1 Å². The average Bonchev–Trinajstić information content (AvgIpc) is 2.35. The van der Waals surface area contributed by atoms with E-state index >= 15 is 0 Å². The topological polar surface area (TPSA) is 55.2 Å². The molecule has 4 heteroatoms. The number of benzene rings is 1. The van der Waals surface area contributed by atoms with Crippen LogP contribution in [0, 0.1) is 10.1 Å². The minimum Gasteiger partial charge on any atom is -0.307 e. The van der Waals surface area contributed by atoms with E-state index in [0.29, 0.717) is 6.04 Å². The Kier molecular flexibility index (Phi) is 5.10. The summed E-state index contributed by atoms with van der Waals surface area (Å²) in [6.45, 7) is 6.33. The Bertz CT molecular complexity index is 379. The van der Waals surface area contributed by atoms with Crippen molar-refractivity contribution in [3.63, 3.8) is 0 Å². The highest BCUT2D eigenvalue weighted by atomic mass is 16.6. The quantitative estimate of drug-likeness (QED) is 0.608. The van der Waals surface area contributed by atoms with E-state index in [4.69, 9.17) is 0 Å². The molecule has 1 aromatic rings. The molecule has 4 nitrogen and oxygen atoms in total. The molecule has 0 fully saturated rings. The van der Waals surface area contributed by atoms with Crippen LogP contribution in [0.25, 0.3) is 0 Å². The predicted octanol–water partition coefficient (Wildman–Crippen LogP) is 3.43. The van der Waals surface area contributed by atoms with Gasteiger partial charge in [0.1, 0.15) is 0 Å². The molecule has 1 aromatic carbocycles. The highest BCUT2D eigenvalue weighted by Crippen LogP contribution is 2.22. The van der Waals surface area contributed by atoms with Gasteiger partial charge >= 0.3 is 0 Å². The minimum atomic E-state index is -0.348. The average molecular weight is 236 g/mol. The minimum absolute atomic E-state index is 0.159. The highest BCUT2D eigenvalue weighted by Gasteiger charge is 2.14. The van der Waals surface area contributed by atoms with E-state index in [9.17, 15) is 10.1 Å². The molecular weight excluding hydrogens is 216 g/mol. The second-order valence-corrected chi connectivity index (χ2v) is 4.29. The summed E-state index contributed by atoms with van der Waals surface area (Å²) in [6, 6.07) is 7.47. The van der Waals surface area contributed by atoms with Crippen LogP contribution in [-0.2, 0) is 0 Å². The monoisotopic (exact) mass is 236 g/mol. The Hall–Kier alpha value is -1.42. The van der Waals surface area contributed by atoms with Crippen LogP contribution >= 0.6 is 0 Å². The van der Waals surface area contributed by atoms with Crippen LogP contribution in [0.15, 0.2) is 24.3 Å². The molecule has 0 heterocycles. The van der Waals surface area contributed by atoms with Crippen LogP contribution in [0.2, 0.25) is 0 Å². The van der Waals surface area contributed by atoms with Crippen LogP contribution in [0.3, 0.4) is 0 Å². The fourth-order valence-electron chi connectivity index (χ4n) is 1.77. The summed E-state index contributed by atoms with van der Waals surface area (Å²) in [4.78, 5) is 10.4. The summed E-state index contributed by atoms with van der Waals surface area (Å²) in [5.74, 6) is 0. The number of rotatable bonds is 6. The Balaban J connectivity index is 2.88. The zero-order valence-corrected chi connectivity index (χ0v) is 10.6. The third kappa shape index (κ3) is 3.82. The van der Waals surface area contributed by atoms with Gasteiger partial charge in [-0.3, -0.25) is 10.1 Å². The van der Waals surface area contributed by atoms with Crippen LogP contribution in [0.1, 0.15) is 45.2 Å². The summed E-state index contributed by atoms with van der Waals surface area (Å²) in [5, 5.41) is 14.2. The summed E-state index contributed by atoms with van der Waals surface area (Å²) in [6.07, 6.45) is 1.97. The fraction of sp³-hybridized carbons (Fsp3) is 0.538. The molecule has 2 unspecified atom stereocenters. The van der Waals surface area contributed by atoms with Crippen LogP contribution in [0.5, 0.6) is 0 Å². The second-order valence-electron chi connectivity index (χ2n) is 4.29. The van der Waals surface area contributed by atoms with Gasteiger partial charge in [0.25, 0.3) is 5.69 Å². The summed E-state index contributed by atoms with van der Waals surface area (Å²) in [7, 11) is 0. The first-order chi connectivity index (χ1) is 8.08. The van der Waals surface area contributed by atoms with Gasteiger partial charge in [-0.15, -0.1) is 0 Å². The van der Waals surface area contributed by atoms with E-state index in [-0.39, 0.29) is 16.7 Å². The van der Waals surface area contributed by atoms with Crippen molar-refractivity contribution >= 4 is 5.69 Å². The molecule has 0 aliphatic heterocycles. The van der Waals surface area contributed by atoms with Crippen molar-refractivity contribution in [1.82, 2.24) is 5.32 Å². The van der Waals surface area contributed by atoms with Gasteiger partial charge in [0, 0.05) is 24.2 Å². The normalized spacial score (nSPS) is 14.3. The number of nitro groups is 1. The van der Waals surface area contributed by atoms with Crippen LogP contribution in [0.4, 0.5) is 5.69 Å². The lowest BCUT2D eigenvalue weighted by atomic mass is 10.0. The number of nitrogens with zero attached hydrogens (tertiary/aromatic N) is 1. The smallest absolute Gasteiger partial charge is 0.269 e. The summed E-state index contributed by atoms with van der Waals surface area (Å²) in [5.41, 5.74) is 1.15. The highest BCUT2D eigenvalue weighted by molar-refractivity contribution is 5.35. The van der Waals surface area contributed by atoms with Crippen molar-refractivity contribution in [2.45, 2.75) is 45.7 Å². The molecular formula is C13H20N2O2. The van der Waals surface area contributed by atoms with Gasteiger partial charge in [-0.2, -0.15) is 0 Å². The Morgan fingerprint density at radius 2 is 2.06 bits per heavy atom. The summed E-state index contributed by atoms with van der Waals surface area (Å²) >= 11 is 0. The van der Waals surface area contributed by atoms with E-state index in [1.165, 1.54) is 6.07 Å². The van der Waals surface area contributed by atoms with Gasteiger partial charge in [-0.1, -0.05) is 26.0 Å². The standard InChI is InChI=1S/C13H20N2O2/c1-4-10(3)14-13(5-2)11-7-6-8-12(9-11)15(16)17/h6-10,13-14H,4-5H2,1-3H3. The number of nitro benzene ring substituents is 1. The van der Waals surface area contributed by atoms with Gasteiger partial charge < -0.3 is 5.32 Å². The number of hydrogen-bond acceptors (Lipinski definition) is 3. The first kappa shape index (κ1) is 13.6. The molecule has 1 N–H and O–H groups in total. The molecule has 17 heavy (non-hydrogen) atoms. The maximum Gasteiger partial charge on any atom is 0.269 e. The molecule has 0 spiro atoms. The lowest BCUT2D eigenvalue weighted by molar-refractivity contribution is -0.384. The Morgan fingerprint density at radius 1 is 1.35 bits per heavy atom. The molecule has 0 bridgehead atoms. The molecule has 2 atom stereocenters. The van der Waals surface area contributed by atoms with Gasteiger partial charge in [-0.25, -0.2) is 0 Å². The van der Waals surface area contributed by atoms with Crippen LogP contribution in [-0.4, -0.2) is 11.0 Å². The van der Waals surface area contributed by atoms with Gasteiger partial charge in [0.2, 0.25) is 0 Å². The van der Waals surface area contributed by atoms with E-state index < -0.39 is 0 Å². The van der Waals surface area contributed by atoms with Gasteiger partial charge in [0.05, 0.1) is 4.92 Å². The van der Waals surface area contributed by atoms with E-state index in [1.807, 2.05) is 6.07 Å². The molecule has 94 valence electrons. The number of hydrogen-bond donors (Lipinski definition) is 1. The maximum atomic E-state index is 10.7. The molecule has 0 saturated carbocycles. The van der Waals surface area contributed by atoms with Crippen molar-refractivity contribution in [3.8, 4) is 0 Å². The van der Waals surface area contributed by atoms with Crippen LogP contribution < -0.4 is 5.32 Å². The van der Waals surface area contributed by atoms with Crippen molar-refractivity contribution in [3.05, 3.63) is 39.9 Å². The zero-order valence-electron chi connectivity index (χ0n) is 10.6. The first-order valence-electron chi connectivity index (χ1n) is 6.08. The largest absolute Gasteiger partial charge is 0.307 e. The van der Waals surface area contributed by atoms with Crippen molar-refractivity contribution in [1.29, 1.82) is 0 Å². The molecule has 1 rings (SSSR count). The second kappa shape index (κ2) is 6.35. The maximum absolute atomic E-state index is 10.7. The molecule has 0 amide bonds. The number of nitrogens with one attached hydrogen (secondary N) is 1. The summed E-state index contributed by atoms with van der Waals surface area (Å²) < 4.78 is 0. The van der Waals surface area contributed by atoms with Gasteiger partial charge in [-0.05, 0) is 25.3 Å². The first-order valence-corrected chi connectivity index (χ1v) is 6.08. The lowest BCUT2D eigenvalue weighted by Crippen LogP contribution is -2.29. The third-order valence-electron chi connectivity index (χ3n) is 2.99. The molecule has 0 aliphatic rings. The van der Waals surface area contributed by atoms with Gasteiger partial charge in [0.15, 0.2) is 0 Å². The molecule has 0 radical (unpaired) electrons.